The average molecular weight is 381 g/mol. The van der Waals surface area contributed by atoms with Crippen LogP contribution in [0.3, 0.4) is 0 Å². The van der Waals surface area contributed by atoms with E-state index in [0.717, 1.165) is 44.3 Å². The molecule has 7 heteroatoms. The van der Waals surface area contributed by atoms with Crippen LogP contribution < -0.4 is 10.9 Å². The number of pyridine rings is 1. The highest BCUT2D eigenvalue weighted by atomic mass is 16.2. The summed E-state index contributed by atoms with van der Waals surface area (Å²) < 4.78 is 1.68. The zero-order valence-corrected chi connectivity index (χ0v) is 16.1. The molecule has 2 aliphatic rings. The number of hydrogen-bond donors (Lipinski definition) is 1. The fraction of sp³-hybridized carbons (Fsp3) is 0.524. The zero-order chi connectivity index (χ0) is 19.3. The number of amides is 2. The predicted octanol–water partition coefficient (Wildman–Crippen LogP) is 2.67. The Hall–Kier alpha value is -2.70. The van der Waals surface area contributed by atoms with Crippen LogP contribution in [0.2, 0.25) is 0 Å². The highest BCUT2D eigenvalue weighted by molar-refractivity contribution is 5.74. The number of carbonyl (C=O) groups is 1. The van der Waals surface area contributed by atoms with Crippen LogP contribution in [0.25, 0.3) is 11.3 Å². The number of nitrogens with zero attached hydrogens (tertiary/aromatic N) is 4. The molecule has 7 nitrogen and oxygen atoms in total. The van der Waals surface area contributed by atoms with Crippen LogP contribution in [0.4, 0.5) is 4.79 Å². The van der Waals surface area contributed by atoms with Gasteiger partial charge in [0.05, 0.1) is 12.0 Å². The van der Waals surface area contributed by atoms with Crippen LogP contribution in [0.1, 0.15) is 38.5 Å². The first-order chi connectivity index (χ1) is 13.7. The zero-order valence-electron chi connectivity index (χ0n) is 16.1. The summed E-state index contributed by atoms with van der Waals surface area (Å²) in [6, 6.07) is 5.70. The van der Waals surface area contributed by atoms with E-state index in [9.17, 15) is 9.59 Å². The van der Waals surface area contributed by atoms with Crippen molar-refractivity contribution in [2.75, 3.05) is 13.1 Å². The lowest BCUT2D eigenvalue weighted by Gasteiger charge is -2.33. The lowest BCUT2D eigenvalue weighted by molar-refractivity contribution is 0.162. The van der Waals surface area contributed by atoms with Crippen LogP contribution in [0, 0.1) is 5.92 Å². The Kier molecular flexibility index (Phi) is 5.69. The van der Waals surface area contributed by atoms with Gasteiger partial charge < -0.3 is 10.2 Å². The fourth-order valence-electron chi connectivity index (χ4n) is 4.18. The second-order valence-corrected chi connectivity index (χ2v) is 7.86. The smallest absolute Gasteiger partial charge is 0.317 e. The maximum absolute atomic E-state index is 12.5. The number of nitrogens with one attached hydrogen (secondary N) is 1. The number of urea groups is 1. The lowest BCUT2D eigenvalue weighted by atomic mass is 9.97. The Balaban J connectivity index is 1.31. The molecule has 2 amide bonds. The van der Waals surface area contributed by atoms with E-state index in [-0.39, 0.29) is 11.6 Å². The normalized spacial score (nSPS) is 18.4. The second kappa shape index (κ2) is 8.54. The van der Waals surface area contributed by atoms with Gasteiger partial charge in [-0.05, 0) is 43.7 Å². The molecule has 0 unspecified atom stereocenters. The Morgan fingerprint density at radius 1 is 1.11 bits per heavy atom. The highest BCUT2D eigenvalue weighted by Crippen LogP contribution is 2.21. The molecular formula is C21H27N5O2. The van der Waals surface area contributed by atoms with Crippen molar-refractivity contribution in [3.63, 3.8) is 0 Å². The van der Waals surface area contributed by atoms with Crippen molar-refractivity contribution in [2.45, 2.75) is 51.1 Å². The number of carbonyl (C=O) groups excluding carboxylic acids is 1. The minimum absolute atomic E-state index is 0.0387. The minimum Gasteiger partial charge on any atom is -0.335 e. The van der Waals surface area contributed by atoms with Crippen LogP contribution in [-0.2, 0) is 6.54 Å². The molecule has 4 rings (SSSR count). The Labute approximate surface area is 164 Å². The van der Waals surface area contributed by atoms with Gasteiger partial charge in [-0.2, -0.15) is 0 Å². The van der Waals surface area contributed by atoms with Crippen LogP contribution in [0.5, 0.6) is 0 Å². The monoisotopic (exact) mass is 381 g/mol. The molecule has 28 heavy (non-hydrogen) atoms. The van der Waals surface area contributed by atoms with E-state index in [1.807, 2.05) is 17.0 Å². The molecule has 1 N–H and O–H groups in total. The summed E-state index contributed by atoms with van der Waals surface area (Å²) in [7, 11) is 0. The van der Waals surface area contributed by atoms with Gasteiger partial charge in [0.1, 0.15) is 0 Å². The molecule has 0 atom stereocenters. The van der Waals surface area contributed by atoms with Gasteiger partial charge in [-0.15, -0.1) is 0 Å². The number of piperidine rings is 1. The van der Waals surface area contributed by atoms with Crippen molar-refractivity contribution >= 4 is 6.03 Å². The standard InChI is InChI=1S/C21H27N5O2/c27-20-13-19(17-5-9-22-10-6-17)23-15-26(20)14-16-7-11-25(12-8-16)21(28)24-18-3-1-2-4-18/h5-6,9-10,13,15-16,18H,1-4,7-8,11-12,14H2,(H,24,28). The van der Waals surface area contributed by atoms with Gasteiger partial charge in [0.25, 0.3) is 5.56 Å². The van der Waals surface area contributed by atoms with Gasteiger partial charge in [0, 0.05) is 49.7 Å². The molecule has 2 aromatic heterocycles. The molecule has 2 fully saturated rings. The Morgan fingerprint density at radius 3 is 2.50 bits per heavy atom. The number of rotatable bonds is 4. The van der Waals surface area contributed by atoms with Crippen LogP contribution in [0.15, 0.2) is 41.7 Å². The molecule has 1 saturated heterocycles. The largest absolute Gasteiger partial charge is 0.335 e. The molecule has 1 aliphatic heterocycles. The van der Waals surface area contributed by atoms with E-state index >= 15 is 0 Å². The number of likely N-dealkylation sites (tertiary alicyclic amines) is 1. The van der Waals surface area contributed by atoms with E-state index in [2.05, 4.69) is 15.3 Å². The van der Waals surface area contributed by atoms with Crippen molar-refractivity contribution in [3.8, 4) is 11.3 Å². The lowest BCUT2D eigenvalue weighted by Crippen LogP contribution is -2.47. The van der Waals surface area contributed by atoms with E-state index in [1.54, 1.807) is 29.4 Å². The molecule has 0 spiro atoms. The van der Waals surface area contributed by atoms with Crippen molar-refractivity contribution < 1.29 is 4.79 Å². The van der Waals surface area contributed by atoms with E-state index < -0.39 is 0 Å². The fourth-order valence-corrected chi connectivity index (χ4v) is 4.18. The number of aromatic nitrogens is 3. The molecule has 148 valence electrons. The first-order valence-electron chi connectivity index (χ1n) is 10.2. The summed E-state index contributed by atoms with van der Waals surface area (Å²) in [6.45, 7) is 2.15. The van der Waals surface area contributed by atoms with E-state index in [4.69, 9.17) is 0 Å². The SMILES string of the molecule is O=C(NC1CCCC1)N1CCC(Cn2cnc(-c3ccncc3)cc2=O)CC1. The maximum Gasteiger partial charge on any atom is 0.317 e. The predicted molar refractivity (Wildman–Crippen MR) is 107 cm³/mol. The molecule has 0 radical (unpaired) electrons. The van der Waals surface area contributed by atoms with Gasteiger partial charge >= 0.3 is 6.03 Å². The minimum atomic E-state index is -0.0387. The summed E-state index contributed by atoms with van der Waals surface area (Å²) in [5, 5.41) is 3.16. The van der Waals surface area contributed by atoms with Crippen molar-refractivity contribution in [2.24, 2.45) is 5.92 Å². The molecule has 1 saturated carbocycles. The van der Waals surface area contributed by atoms with Crippen LogP contribution >= 0.6 is 0 Å². The first-order valence-corrected chi connectivity index (χ1v) is 10.2. The van der Waals surface area contributed by atoms with Crippen molar-refractivity contribution in [1.82, 2.24) is 24.8 Å². The Morgan fingerprint density at radius 2 is 1.82 bits per heavy atom. The highest BCUT2D eigenvalue weighted by Gasteiger charge is 2.25. The van der Waals surface area contributed by atoms with E-state index in [0.29, 0.717) is 24.2 Å². The maximum atomic E-state index is 12.5. The molecule has 3 heterocycles. The molecule has 1 aliphatic carbocycles. The van der Waals surface area contributed by atoms with Crippen LogP contribution in [-0.4, -0.2) is 44.6 Å². The third-order valence-corrected chi connectivity index (χ3v) is 5.89. The van der Waals surface area contributed by atoms with Crippen molar-refractivity contribution in [3.05, 3.63) is 47.3 Å². The quantitative estimate of drug-likeness (QED) is 0.883. The molecule has 2 aromatic rings. The second-order valence-electron chi connectivity index (χ2n) is 7.86. The average Bonchev–Trinajstić information content (AvgIpc) is 3.24. The van der Waals surface area contributed by atoms with Crippen molar-refractivity contribution in [1.29, 1.82) is 0 Å². The summed E-state index contributed by atoms with van der Waals surface area (Å²) in [5.41, 5.74) is 1.52. The Bertz CT molecular complexity index is 853. The van der Waals surface area contributed by atoms with Gasteiger partial charge in [0.2, 0.25) is 0 Å². The first kappa shape index (κ1) is 18.7. The number of hydrogen-bond acceptors (Lipinski definition) is 4. The van der Waals surface area contributed by atoms with Gasteiger partial charge in [-0.3, -0.25) is 14.3 Å². The summed E-state index contributed by atoms with van der Waals surface area (Å²) >= 11 is 0. The van der Waals surface area contributed by atoms with E-state index in [1.165, 1.54) is 12.8 Å². The topological polar surface area (TPSA) is 80.1 Å². The summed E-state index contributed by atoms with van der Waals surface area (Å²) in [5.74, 6) is 0.391. The molecular weight excluding hydrogens is 354 g/mol. The summed E-state index contributed by atoms with van der Waals surface area (Å²) in [4.78, 5) is 35.2. The third kappa shape index (κ3) is 4.40. The molecule has 0 aromatic carbocycles. The van der Waals surface area contributed by atoms with Gasteiger partial charge in [-0.1, -0.05) is 12.8 Å². The van der Waals surface area contributed by atoms with Gasteiger partial charge in [0.15, 0.2) is 0 Å². The van der Waals surface area contributed by atoms with Gasteiger partial charge in [-0.25, -0.2) is 9.78 Å². The summed E-state index contributed by atoms with van der Waals surface area (Å²) in [6.07, 6.45) is 11.5. The third-order valence-electron chi connectivity index (χ3n) is 5.89. The molecule has 0 bridgehead atoms.